The molecule has 0 aliphatic carbocycles. The second-order valence-electron chi connectivity index (χ2n) is 7.01. The summed E-state index contributed by atoms with van der Waals surface area (Å²) in [5, 5.41) is 6.58. The molecule has 29 heavy (non-hydrogen) atoms. The van der Waals surface area contributed by atoms with E-state index in [0.29, 0.717) is 18.1 Å². The van der Waals surface area contributed by atoms with Gasteiger partial charge in [0.25, 0.3) is 0 Å². The summed E-state index contributed by atoms with van der Waals surface area (Å²) in [6, 6.07) is 7.45. The third-order valence-corrected chi connectivity index (χ3v) is 4.52. The van der Waals surface area contributed by atoms with Crippen molar-refractivity contribution < 1.29 is 22.7 Å². The number of carbonyl (C=O) groups excluding carboxylic acids is 1. The number of guanidine groups is 1. The van der Waals surface area contributed by atoms with E-state index in [0.717, 1.165) is 31.5 Å². The molecule has 0 spiro atoms. The van der Waals surface area contributed by atoms with Crippen molar-refractivity contribution in [3.63, 3.8) is 0 Å². The number of ether oxygens (including phenoxy) is 1. The molecular formula is C19H28F3N5O2. The van der Waals surface area contributed by atoms with Gasteiger partial charge in [0.05, 0.1) is 13.2 Å². The first-order valence-electron chi connectivity index (χ1n) is 9.45. The highest BCUT2D eigenvalue weighted by molar-refractivity contribution is 5.80. The lowest BCUT2D eigenvalue weighted by atomic mass is 10.1. The summed E-state index contributed by atoms with van der Waals surface area (Å²) in [6.07, 6.45) is -2.58. The number of aliphatic imine (C=N–C) groups is 1. The highest BCUT2D eigenvalue weighted by Crippen LogP contribution is 2.16. The Labute approximate surface area is 168 Å². The SMILES string of the molecule is CN=C(NCc1cccc(COCC(F)(F)F)c1)NC1CCN(CC(N)=O)CC1. The van der Waals surface area contributed by atoms with Gasteiger partial charge in [0, 0.05) is 32.7 Å². The molecule has 0 bridgehead atoms. The van der Waals surface area contributed by atoms with Crippen molar-refractivity contribution in [1.82, 2.24) is 15.5 Å². The Morgan fingerprint density at radius 1 is 1.31 bits per heavy atom. The Balaban J connectivity index is 1.76. The number of nitrogens with one attached hydrogen (secondary N) is 2. The minimum Gasteiger partial charge on any atom is -0.369 e. The van der Waals surface area contributed by atoms with Gasteiger partial charge in [-0.15, -0.1) is 0 Å². The minimum absolute atomic E-state index is 0.0931. The number of nitrogens with two attached hydrogens (primary N) is 1. The molecule has 162 valence electrons. The third-order valence-electron chi connectivity index (χ3n) is 4.52. The topological polar surface area (TPSA) is 92.0 Å². The maximum Gasteiger partial charge on any atom is 0.411 e. The molecule has 2 rings (SSSR count). The van der Waals surface area contributed by atoms with Crippen molar-refractivity contribution in [2.24, 2.45) is 10.7 Å². The van der Waals surface area contributed by atoms with Gasteiger partial charge in [-0.3, -0.25) is 14.7 Å². The van der Waals surface area contributed by atoms with Crippen LogP contribution in [0.2, 0.25) is 0 Å². The number of nitrogens with zero attached hydrogens (tertiary/aromatic N) is 2. The normalized spacial score (nSPS) is 16.6. The zero-order valence-electron chi connectivity index (χ0n) is 16.5. The van der Waals surface area contributed by atoms with E-state index in [4.69, 9.17) is 10.5 Å². The Hall–Kier alpha value is -2.33. The number of hydrogen-bond acceptors (Lipinski definition) is 4. The van der Waals surface area contributed by atoms with E-state index in [1.165, 1.54) is 0 Å². The molecule has 0 radical (unpaired) electrons. The number of amides is 1. The average Bonchev–Trinajstić information content (AvgIpc) is 2.65. The molecule has 1 aromatic carbocycles. The number of carbonyl (C=O) groups is 1. The van der Waals surface area contributed by atoms with Crippen molar-refractivity contribution in [2.45, 2.75) is 38.2 Å². The predicted molar refractivity (Wildman–Crippen MR) is 104 cm³/mol. The van der Waals surface area contributed by atoms with Crippen molar-refractivity contribution in [1.29, 1.82) is 0 Å². The number of alkyl halides is 3. The fourth-order valence-electron chi connectivity index (χ4n) is 3.14. The van der Waals surface area contributed by atoms with Crippen LogP contribution >= 0.6 is 0 Å². The van der Waals surface area contributed by atoms with E-state index >= 15 is 0 Å². The lowest BCUT2D eigenvalue weighted by Crippen LogP contribution is -2.49. The van der Waals surface area contributed by atoms with Crippen LogP contribution in [0, 0.1) is 0 Å². The molecule has 0 unspecified atom stereocenters. The summed E-state index contributed by atoms with van der Waals surface area (Å²) in [6.45, 7) is 0.986. The van der Waals surface area contributed by atoms with Crippen LogP contribution in [0.1, 0.15) is 24.0 Å². The number of hydrogen-bond donors (Lipinski definition) is 3. The lowest BCUT2D eigenvalue weighted by Gasteiger charge is -2.32. The standard InChI is InChI=1S/C19H28F3N5O2/c1-24-18(26-16-5-7-27(8-6-16)11-17(23)28)25-10-14-3-2-4-15(9-14)12-29-13-19(20,21)22/h2-4,9,16H,5-8,10-13H2,1H3,(H2,23,28)(H2,24,25,26). The number of piperidine rings is 1. The lowest BCUT2D eigenvalue weighted by molar-refractivity contribution is -0.176. The van der Waals surface area contributed by atoms with Crippen molar-refractivity contribution in [3.05, 3.63) is 35.4 Å². The van der Waals surface area contributed by atoms with E-state index in [2.05, 4.69) is 15.6 Å². The van der Waals surface area contributed by atoms with Crippen molar-refractivity contribution >= 4 is 11.9 Å². The van der Waals surface area contributed by atoms with E-state index in [1.54, 1.807) is 25.2 Å². The molecule has 1 fully saturated rings. The molecule has 0 atom stereocenters. The molecular weight excluding hydrogens is 387 g/mol. The Morgan fingerprint density at radius 3 is 2.62 bits per heavy atom. The summed E-state index contributed by atoms with van der Waals surface area (Å²) in [5.74, 6) is 0.331. The first-order valence-corrected chi connectivity index (χ1v) is 9.45. The van der Waals surface area contributed by atoms with Crippen LogP contribution in [0.15, 0.2) is 29.3 Å². The summed E-state index contributed by atoms with van der Waals surface area (Å²) in [7, 11) is 1.68. The van der Waals surface area contributed by atoms with Crippen LogP contribution in [0.4, 0.5) is 13.2 Å². The molecule has 1 amide bonds. The molecule has 1 aromatic rings. The van der Waals surface area contributed by atoms with E-state index in [-0.39, 0.29) is 25.1 Å². The zero-order chi connectivity index (χ0) is 21.3. The second-order valence-corrected chi connectivity index (χ2v) is 7.01. The summed E-state index contributed by atoms with van der Waals surface area (Å²) in [5.41, 5.74) is 6.82. The molecule has 1 aliphatic rings. The monoisotopic (exact) mass is 415 g/mol. The predicted octanol–water partition coefficient (Wildman–Crippen LogP) is 1.38. The third kappa shape index (κ3) is 9.14. The van der Waals surface area contributed by atoms with Gasteiger partial charge in [0.1, 0.15) is 6.61 Å². The van der Waals surface area contributed by atoms with Crippen molar-refractivity contribution in [2.75, 3.05) is 33.3 Å². The fraction of sp³-hybridized carbons (Fsp3) is 0.579. The fourth-order valence-corrected chi connectivity index (χ4v) is 3.14. The largest absolute Gasteiger partial charge is 0.411 e. The molecule has 1 heterocycles. The molecule has 0 aromatic heterocycles. The van der Waals surface area contributed by atoms with Crippen LogP contribution in [0.25, 0.3) is 0 Å². The number of rotatable bonds is 8. The summed E-state index contributed by atoms with van der Waals surface area (Å²) < 4.78 is 41.2. The van der Waals surface area contributed by atoms with Crippen LogP contribution < -0.4 is 16.4 Å². The first-order chi connectivity index (χ1) is 13.7. The van der Waals surface area contributed by atoms with Crippen LogP contribution in [0.5, 0.6) is 0 Å². The highest BCUT2D eigenvalue weighted by Gasteiger charge is 2.27. The van der Waals surface area contributed by atoms with E-state index in [1.807, 2.05) is 11.0 Å². The van der Waals surface area contributed by atoms with Gasteiger partial charge in [0.15, 0.2) is 5.96 Å². The van der Waals surface area contributed by atoms with Crippen LogP contribution in [0.3, 0.4) is 0 Å². The Kier molecular flexibility index (Phi) is 8.71. The van der Waals surface area contributed by atoms with Gasteiger partial charge in [-0.25, -0.2) is 0 Å². The number of primary amides is 1. The van der Waals surface area contributed by atoms with Crippen molar-refractivity contribution in [3.8, 4) is 0 Å². The molecule has 0 saturated carbocycles. The number of benzene rings is 1. The molecule has 7 nitrogen and oxygen atoms in total. The van der Waals surface area contributed by atoms with Gasteiger partial charge < -0.3 is 21.1 Å². The number of halogens is 3. The minimum atomic E-state index is -4.33. The molecule has 10 heteroatoms. The van der Waals surface area contributed by atoms with Gasteiger partial charge in [0.2, 0.25) is 5.91 Å². The summed E-state index contributed by atoms with van der Waals surface area (Å²) in [4.78, 5) is 17.2. The maximum atomic E-state index is 12.2. The summed E-state index contributed by atoms with van der Waals surface area (Å²) >= 11 is 0. The van der Waals surface area contributed by atoms with E-state index in [9.17, 15) is 18.0 Å². The molecule has 4 N–H and O–H groups in total. The number of likely N-dealkylation sites (tertiary alicyclic amines) is 1. The van der Waals surface area contributed by atoms with Gasteiger partial charge in [-0.2, -0.15) is 13.2 Å². The zero-order valence-corrected chi connectivity index (χ0v) is 16.5. The maximum absolute atomic E-state index is 12.2. The quantitative estimate of drug-likeness (QED) is 0.441. The van der Waals surface area contributed by atoms with Gasteiger partial charge in [-0.1, -0.05) is 24.3 Å². The van der Waals surface area contributed by atoms with Gasteiger partial charge >= 0.3 is 6.18 Å². The Morgan fingerprint density at radius 2 is 2.00 bits per heavy atom. The Bertz CT molecular complexity index is 689. The van der Waals surface area contributed by atoms with E-state index < -0.39 is 12.8 Å². The van der Waals surface area contributed by atoms with Gasteiger partial charge in [-0.05, 0) is 24.0 Å². The highest BCUT2D eigenvalue weighted by atomic mass is 19.4. The second kappa shape index (κ2) is 11.0. The molecule has 1 saturated heterocycles. The average molecular weight is 415 g/mol. The van der Waals surface area contributed by atoms with Crippen LogP contribution in [-0.4, -0.2) is 62.3 Å². The smallest absolute Gasteiger partial charge is 0.369 e. The first kappa shape index (κ1) is 23.0. The molecule has 1 aliphatic heterocycles. The van der Waals surface area contributed by atoms with Crippen LogP contribution in [-0.2, 0) is 22.7 Å².